The van der Waals surface area contributed by atoms with E-state index < -0.39 is 0 Å². The van der Waals surface area contributed by atoms with E-state index in [1.54, 1.807) is 4.68 Å². The molecule has 2 N–H and O–H groups in total. The molecule has 6 heteroatoms. The van der Waals surface area contributed by atoms with Gasteiger partial charge in [-0.3, -0.25) is 4.68 Å². The van der Waals surface area contributed by atoms with Crippen molar-refractivity contribution in [2.45, 2.75) is 58.6 Å². The van der Waals surface area contributed by atoms with Crippen molar-refractivity contribution in [3.05, 3.63) is 17.5 Å². The van der Waals surface area contributed by atoms with E-state index in [2.05, 4.69) is 22.7 Å². The molecule has 1 fully saturated rings. The average Bonchev–Trinajstić information content (AvgIpc) is 2.84. The molecule has 6 nitrogen and oxygen atoms in total. The Morgan fingerprint density at radius 3 is 2.87 bits per heavy atom. The van der Waals surface area contributed by atoms with Crippen LogP contribution in [0.15, 0.2) is 6.20 Å². The summed E-state index contributed by atoms with van der Waals surface area (Å²) in [5, 5.41) is 10.1. The van der Waals surface area contributed by atoms with Crippen LogP contribution in [0.4, 0.5) is 4.79 Å². The number of carbonyl (C=O) groups is 1. The van der Waals surface area contributed by atoms with Gasteiger partial charge in [-0.2, -0.15) is 5.10 Å². The Labute approximate surface area is 139 Å². The number of amides is 2. The summed E-state index contributed by atoms with van der Waals surface area (Å²) >= 11 is 0. The molecule has 130 valence electrons. The Morgan fingerprint density at radius 1 is 1.48 bits per heavy atom. The van der Waals surface area contributed by atoms with Crippen LogP contribution in [0.25, 0.3) is 0 Å². The van der Waals surface area contributed by atoms with Crippen LogP contribution < -0.4 is 10.6 Å². The number of nitrogens with one attached hydrogen (secondary N) is 2. The molecule has 1 aliphatic rings. The molecule has 0 unspecified atom stereocenters. The predicted molar refractivity (Wildman–Crippen MR) is 90.3 cm³/mol. The molecule has 1 heterocycles. The number of ether oxygens (including phenoxy) is 1. The summed E-state index contributed by atoms with van der Waals surface area (Å²) in [5.41, 5.74) is 1.98. The highest BCUT2D eigenvalue weighted by Gasteiger charge is 2.21. The van der Waals surface area contributed by atoms with Gasteiger partial charge in [-0.05, 0) is 32.6 Å². The zero-order valence-electron chi connectivity index (χ0n) is 14.8. The fourth-order valence-electron chi connectivity index (χ4n) is 3.27. The van der Waals surface area contributed by atoms with E-state index >= 15 is 0 Å². The second-order valence-electron chi connectivity index (χ2n) is 6.64. The summed E-state index contributed by atoms with van der Waals surface area (Å²) in [5.74, 6) is 0.631. The monoisotopic (exact) mass is 322 g/mol. The van der Waals surface area contributed by atoms with Gasteiger partial charge in [0.1, 0.15) is 0 Å². The van der Waals surface area contributed by atoms with Gasteiger partial charge in [0.2, 0.25) is 0 Å². The summed E-state index contributed by atoms with van der Waals surface area (Å²) in [6.45, 7) is 7.27. The minimum atomic E-state index is -0.166. The van der Waals surface area contributed by atoms with Crippen LogP contribution in [0.3, 0.4) is 0 Å². The fraction of sp³-hybridized carbons (Fsp3) is 0.765. The lowest BCUT2D eigenvalue weighted by Crippen LogP contribution is -2.39. The van der Waals surface area contributed by atoms with E-state index in [-0.39, 0.29) is 12.1 Å². The predicted octanol–water partition coefficient (Wildman–Crippen LogP) is 2.68. The van der Waals surface area contributed by atoms with Crippen molar-refractivity contribution in [3.63, 3.8) is 0 Å². The number of nitrogens with zero attached hydrogens (tertiary/aromatic N) is 2. The van der Waals surface area contributed by atoms with E-state index in [0.29, 0.717) is 25.2 Å². The summed E-state index contributed by atoms with van der Waals surface area (Å²) in [6.07, 6.45) is 7.25. The molecule has 0 saturated heterocycles. The summed E-state index contributed by atoms with van der Waals surface area (Å²) in [6, 6.07) is -0.232. The minimum Gasteiger partial charge on any atom is -0.376 e. The van der Waals surface area contributed by atoms with Crippen LogP contribution in [-0.2, 0) is 11.8 Å². The van der Waals surface area contributed by atoms with Crippen LogP contribution in [0, 0.1) is 12.8 Å². The Morgan fingerprint density at radius 2 is 2.22 bits per heavy atom. The Balaban J connectivity index is 1.66. The molecule has 2 amide bonds. The quantitative estimate of drug-likeness (QED) is 0.791. The molecule has 1 aromatic heterocycles. The van der Waals surface area contributed by atoms with E-state index in [0.717, 1.165) is 17.7 Å². The summed E-state index contributed by atoms with van der Waals surface area (Å²) in [7, 11) is 1.88. The van der Waals surface area contributed by atoms with Gasteiger partial charge in [0.25, 0.3) is 0 Å². The van der Waals surface area contributed by atoms with E-state index in [9.17, 15) is 4.79 Å². The number of carbonyl (C=O) groups excluding carboxylic acids is 1. The van der Waals surface area contributed by atoms with Crippen molar-refractivity contribution < 1.29 is 9.53 Å². The van der Waals surface area contributed by atoms with Gasteiger partial charge in [-0.1, -0.05) is 19.8 Å². The van der Waals surface area contributed by atoms with E-state index in [4.69, 9.17) is 4.74 Å². The van der Waals surface area contributed by atoms with Gasteiger partial charge < -0.3 is 15.4 Å². The fourth-order valence-corrected chi connectivity index (χ4v) is 3.27. The zero-order chi connectivity index (χ0) is 16.8. The topological polar surface area (TPSA) is 68.2 Å². The lowest BCUT2D eigenvalue weighted by Gasteiger charge is -2.28. The van der Waals surface area contributed by atoms with Crippen LogP contribution >= 0.6 is 0 Å². The van der Waals surface area contributed by atoms with Gasteiger partial charge in [-0.15, -0.1) is 0 Å². The van der Waals surface area contributed by atoms with Crippen molar-refractivity contribution in [1.82, 2.24) is 20.4 Å². The molecule has 1 saturated carbocycles. The Hall–Kier alpha value is -1.56. The Kier molecular flexibility index (Phi) is 6.45. The molecular formula is C17H30N4O2. The maximum atomic E-state index is 12.0. The van der Waals surface area contributed by atoms with Crippen molar-refractivity contribution in [2.75, 3.05) is 13.2 Å². The van der Waals surface area contributed by atoms with Crippen LogP contribution in [0.1, 0.15) is 56.8 Å². The molecule has 1 aliphatic carbocycles. The number of hydrogen-bond acceptors (Lipinski definition) is 3. The zero-order valence-corrected chi connectivity index (χ0v) is 14.8. The molecule has 0 bridgehead atoms. The van der Waals surface area contributed by atoms with Gasteiger partial charge in [-0.25, -0.2) is 4.79 Å². The third kappa shape index (κ3) is 5.23. The number of aryl methyl sites for hydroxylation is 2. The maximum absolute atomic E-state index is 12.0. The third-order valence-corrected chi connectivity index (χ3v) is 4.62. The third-order valence-electron chi connectivity index (χ3n) is 4.62. The standard InChI is InChI=1S/C17H30N4O2/c1-12-7-5-6-8-16(12)23-10-9-18-17(22)19-13(2)15-11-21(4)20-14(15)3/h11-13,16H,5-10H2,1-4H3,(H2,18,19,22)/t12-,13+,16+/m1/s1. The molecule has 1 aromatic rings. The van der Waals surface area contributed by atoms with Crippen molar-refractivity contribution in [3.8, 4) is 0 Å². The summed E-state index contributed by atoms with van der Waals surface area (Å²) < 4.78 is 7.67. The largest absolute Gasteiger partial charge is 0.376 e. The second-order valence-corrected chi connectivity index (χ2v) is 6.64. The number of urea groups is 1. The molecule has 0 aromatic carbocycles. The highest BCUT2D eigenvalue weighted by atomic mass is 16.5. The number of aromatic nitrogens is 2. The molecule has 0 aliphatic heterocycles. The SMILES string of the molecule is Cc1nn(C)cc1[C@H](C)NC(=O)NCCO[C@H]1CCCC[C@H]1C. The molecule has 3 atom stereocenters. The maximum Gasteiger partial charge on any atom is 0.315 e. The first kappa shape index (κ1) is 17.8. The molecule has 0 spiro atoms. The van der Waals surface area contributed by atoms with E-state index in [1.165, 1.54) is 19.3 Å². The van der Waals surface area contributed by atoms with Crippen molar-refractivity contribution >= 4 is 6.03 Å². The first-order valence-corrected chi connectivity index (χ1v) is 8.63. The molecule has 2 rings (SSSR count). The van der Waals surface area contributed by atoms with Gasteiger partial charge in [0, 0.05) is 25.4 Å². The van der Waals surface area contributed by atoms with Crippen molar-refractivity contribution in [1.29, 1.82) is 0 Å². The van der Waals surface area contributed by atoms with E-state index in [1.807, 2.05) is 27.1 Å². The number of rotatable bonds is 6. The summed E-state index contributed by atoms with van der Waals surface area (Å²) in [4.78, 5) is 12.0. The lowest BCUT2D eigenvalue weighted by molar-refractivity contribution is -0.00244. The molecule has 0 radical (unpaired) electrons. The Bertz CT molecular complexity index is 515. The highest BCUT2D eigenvalue weighted by Crippen LogP contribution is 2.25. The lowest BCUT2D eigenvalue weighted by atomic mass is 9.88. The van der Waals surface area contributed by atoms with Gasteiger partial charge >= 0.3 is 6.03 Å². The second kappa shape index (κ2) is 8.34. The van der Waals surface area contributed by atoms with Crippen LogP contribution in [0.2, 0.25) is 0 Å². The minimum absolute atomic E-state index is 0.0667. The molecular weight excluding hydrogens is 292 g/mol. The van der Waals surface area contributed by atoms with Gasteiger partial charge in [0.15, 0.2) is 0 Å². The highest BCUT2D eigenvalue weighted by molar-refractivity contribution is 5.74. The average molecular weight is 322 g/mol. The van der Waals surface area contributed by atoms with Crippen LogP contribution in [-0.4, -0.2) is 35.1 Å². The molecule has 23 heavy (non-hydrogen) atoms. The van der Waals surface area contributed by atoms with Crippen molar-refractivity contribution in [2.24, 2.45) is 13.0 Å². The normalized spacial score (nSPS) is 22.6. The first-order chi connectivity index (χ1) is 11.0. The first-order valence-electron chi connectivity index (χ1n) is 8.63. The number of hydrogen-bond donors (Lipinski definition) is 2. The van der Waals surface area contributed by atoms with Crippen LogP contribution in [0.5, 0.6) is 0 Å². The smallest absolute Gasteiger partial charge is 0.315 e. The van der Waals surface area contributed by atoms with Gasteiger partial charge in [0.05, 0.1) is 24.4 Å².